The molecule has 2 N–H and O–H groups in total. The van der Waals surface area contributed by atoms with Crippen LogP contribution >= 0.6 is 0 Å². The zero-order valence-electron chi connectivity index (χ0n) is 22.3. The number of para-hydroxylation sites is 3. The van der Waals surface area contributed by atoms with Gasteiger partial charge in [-0.25, -0.2) is 0 Å². The van der Waals surface area contributed by atoms with Crippen molar-refractivity contribution in [2.75, 3.05) is 10.6 Å². The highest BCUT2D eigenvalue weighted by atomic mass is 16.3. The normalized spacial score (nSPS) is 13.7. The number of anilines is 4. The Morgan fingerprint density at radius 2 is 0.975 bits per heavy atom. The standard InChI is InChI=1S/C37H30N2O/c1-4-10-31-24(7-1)13-15-26-21-29(17-19-33(26)38-31)37(36-23-28-9-3-6-12-35(28)40-36)30-18-20-34-27(22-30)16-14-25-8-2-5-11-32(25)39-34/h1-12,17-23,37-39H,13-16H2. The summed E-state index contributed by atoms with van der Waals surface area (Å²) in [6.45, 7) is 0. The fourth-order valence-corrected chi connectivity index (χ4v) is 6.46. The summed E-state index contributed by atoms with van der Waals surface area (Å²) >= 11 is 0. The molecule has 194 valence electrons. The van der Waals surface area contributed by atoms with Crippen LogP contribution in [0.2, 0.25) is 0 Å². The van der Waals surface area contributed by atoms with Crippen LogP contribution in [0, 0.1) is 0 Å². The van der Waals surface area contributed by atoms with Gasteiger partial charge in [0.2, 0.25) is 0 Å². The highest BCUT2D eigenvalue weighted by molar-refractivity contribution is 5.78. The summed E-state index contributed by atoms with van der Waals surface area (Å²) in [7, 11) is 0. The molecule has 0 atom stereocenters. The lowest BCUT2D eigenvalue weighted by Crippen LogP contribution is -2.06. The monoisotopic (exact) mass is 518 g/mol. The van der Waals surface area contributed by atoms with E-state index in [2.05, 4.69) is 120 Å². The first-order valence-corrected chi connectivity index (χ1v) is 14.2. The lowest BCUT2D eigenvalue weighted by atomic mass is 9.86. The van der Waals surface area contributed by atoms with Crippen LogP contribution in [0.25, 0.3) is 11.0 Å². The van der Waals surface area contributed by atoms with Gasteiger partial charge in [0.1, 0.15) is 11.3 Å². The number of rotatable bonds is 3. The summed E-state index contributed by atoms with van der Waals surface area (Å²) in [5.74, 6) is 0.982. The number of fused-ring (bicyclic) bond motifs is 5. The number of hydrogen-bond donors (Lipinski definition) is 2. The molecule has 0 saturated heterocycles. The van der Waals surface area contributed by atoms with Crippen LogP contribution in [0.4, 0.5) is 22.7 Å². The molecule has 0 amide bonds. The van der Waals surface area contributed by atoms with Gasteiger partial charge in [0.05, 0.1) is 5.92 Å². The van der Waals surface area contributed by atoms with E-state index in [0.29, 0.717) is 0 Å². The number of furan rings is 1. The average molecular weight is 519 g/mol. The third-order valence-electron chi connectivity index (χ3n) is 8.56. The van der Waals surface area contributed by atoms with Gasteiger partial charge in [-0.2, -0.15) is 0 Å². The molecule has 40 heavy (non-hydrogen) atoms. The smallest absolute Gasteiger partial charge is 0.134 e. The molecular formula is C37H30N2O. The molecule has 3 heteroatoms. The van der Waals surface area contributed by atoms with Crippen LogP contribution in [-0.4, -0.2) is 0 Å². The quantitative estimate of drug-likeness (QED) is 0.245. The van der Waals surface area contributed by atoms with Gasteiger partial charge in [-0.15, -0.1) is 0 Å². The first-order chi connectivity index (χ1) is 19.8. The molecule has 0 saturated carbocycles. The van der Waals surface area contributed by atoms with E-state index < -0.39 is 0 Å². The van der Waals surface area contributed by atoms with Crippen molar-refractivity contribution in [3.63, 3.8) is 0 Å². The minimum Gasteiger partial charge on any atom is -0.460 e. The lowest BCUT2D eigenvalue weighted by Gasteiger charge is -2.20. The summed E-state index contributed by atoms with van der Waals surface area (Å²) in [6.07, 6.45) is 4.07. The molecule has 3 heterocycles. The van der Waals surface area contributed by atoms with Gasteiger partial charge in [0, 0.05) is 28.1 Å². The maximum atomic E-state index is 6.55. The van der Waals surface area contributed by atoms with E-state index in [0.717, 1.165) is 42.4 Å². The van der Waals surface area contributed by atoms with Crippen LogP contribution in [-0.2, 0) is 25.7 Å². The van der Waals surface area contributed by atoms with Crippen LogP contribution in [0.1, 0.15) is 45.1 Å². The second kappa shape index (κ2) is 9.46. The minimum absolute atomic E-state index is 0.000688. The minimum atomic E-state index is -0.000688. The van der Waals surface area contributed by atoms with Crippen LogP contribution in [0.15, 0.2) is 120 Å². The number of aryl methyl sites for hydroxylation is 4. The maximum absolute atomic E-state index is 6.55. The predicted octanol–water partition coefficient (Wildman–Crippen LogP) is 9.30. The molecule has 0 bridgehead atoms. The molecular weight excluding hydrogens is 488 g/mol. The van der Waals surface area contributed by atoms with E-state index in [1.54, 1.807) is 0 Å². The second-order valence-corrected chi connectivity index (χ2v) is 11.0. The Bertz CT molecular complexity index is 1750. The van der Waals surface area contributed by atoms with Gasteiger partial charge >= 0.3 is 0 Å². The molecule has 0 fully saturated rings. The second-order valence-electron chi connectivity index (χ2n) is 11.0. The first kappa shape index (κ1) is 23.2. The third-order valence-corrected chi connectivity index (χ3v) is 8.56. The van der Waals surface area contributed by atoms with Crippen molar-refractivity contribution in [3.8, 4) is 0 Å². The number of nitrogens with one attached hydrogen (secondary N) is 2. The fraction of sp³-hybridized carbons (Fsp3) is 0.135. The third kappa shape index (κ3) is 4.06. The van der Waals surface area contributed by atoms with Gasteiger partial charge in [-0.3, -0.25) is 0 Å². The topological polar surface area (TPSA) is 37.2 Å². The SMILES string of the molecule is c1ccc2c(c1)CCc1cc(C(c3ccc4c(c3)CCc3ccccc3N4)c3cc4ccccc4o3)ccc1N2. The lowest BCUT2D eigenvalue weighted by molar-refractivity contribution is 0.541. The molecule has 3 nitrogen and oxygen atoms in total. The molecule has 1 aromatic heterocycles. The van der Waals surface area contributed by atoms with Crippen molar-refractivity contribution in [1.29, 1.82) is 0 Å². The Hall–Kier alpha value is -4.76. The fourth-order valence-electron chi connectivity index (χ4n) is 6.46. The molecule has 2 aliphatic rings. The van der Waals surface area contributed by atoms with Gasteiger partial charge in [-0.05, 0) is 95.5 Å². The van der Waals surface area contributed by atoms with Crippen molar-refractivity contribution in [2.24, 2.45) is 0 Å². The Kier molecular flexibility index (Phi) is 5.48. The van der Waals surface area contributed by atoms with Gasteiger partial charge in [-0.1, -0.05) is 78.9 Å². The Morgan fingerprint density at radius 3 is 1.57 bits per heavy atom. The van der Waals surface area contributed by atoms with Crippen molar-refractivity contribution < 1.29 is 4.42 Å². The average Bonchev–Trinajstić information content (AvgIpc) is 3.20. The highest BCUT2D eigenvalue weighted by Gasteiger charge is 2.25. The largest absolute Gasteiger partial charge is 0.460 e. The zero-order valence-corrected chi connectivity index (χ0v) is 22.3. The Balaban J connectivity index is 1.23. The summed E-state index contributed by atoms with van der Waals surface area (Å²) in [5.41, 5.74) is 13.7. The Labute approximate surface area is 234 Å². The molecule has 6 aromatic rings. The van der Waals surface area contributed by atoms with E-state index in [4.69, 9.17) is 4.42 Å². The van der Waals surface area contributed by atoms with Crippen molar-refractivity contribution in [3.05, 3.63) is 154 Å². The maximum Gasteiger partial charge on any atom is 0.134 e. The molecule has 0 radical (unpaired) electrons. The van der Waals surface area contributed by atoms with E-state index >= 15 is 0 Å². The van der Waals surface area contributed by atoms with Crippen LogP contribution < -0.4 is 10.6 Å². The summed E-state index contributed by atoms with van der Waals surface area (Å²) in [6, 6.07) is 41.7. The van der Waals surface area contributed by atoms with E-state index in [-0.39, 0.29) is 5.92 Å². The molecule has 0 aliphatic carbocycles. The van der Waals surface area contributed by atoms with Crippen molar-refractivity contribution in [1.82, 2.24) is 0 Å². The highest BCUT2D eigenvalue weighted by Crippen LogP contribution is 2.40. The van der Waals surface area contributed by atoms with Crippen LogP contribution in [0.3, 0.4) is 0 Å². The van der Waals surface area contributed by atoms with Gasteiger partial charge in [0.15, 0.2) is 0 Å². The molecule has 0 spiro atoms. The molecule has 2 aliphatic heterocycles. The first-order valence-electron chi connectivity index (χ1n) is 14.2. The van der Waals surface area contributed by atoms with Crippen molar-refractivity contribution >= 4 is 33.7 Å². The number of hydrogen-bond acceptors (Lipinski definition) is 3. The summed E-state index contributed by atoms with van der Waals surface area (Å²) in [5, 5.41) is 8.53. The summed E-state index contributed by atoms with van der Waals surface area (Å²) in [4.78, 5) is 0. The van der Waals surface area contributed by atoms with Gasteiger partial charge < -0.3 is 15.1 Å². The van der Waals surface area contributed by atoms with Crippen LogP contribution in [0.5, 0.6) is 0 Å². The van der Waals surface area contributed by atoms with E-state index in [9.17, 15) is 0 Å². The van der Waals surface area contributed by atoms with E-state index in [1.165, 1.54) is 56.1 Å². The molecule has 5 aromatic carbocycles. The predicted molar refractivity (Wildman–Crippen MR) is 164 cm³/mol. The molecule has 0 unspecified atom stereocenters. The van der Waals surface area contributed by atoms with Gasteiger partial charge in [0.25, 0.3) is 0 Å². The zero-order chi connectivity index (χ0) is 26.5. The summed E-state index contributed by atoms with van der Waals surface area (Å²) < 4.78 is 6.55. The number of benzene rings is 5. The van der Waals surface area contributed by atoms with Crippen molar-refractivity contribution in [2.45, 2.75) is 31.6 Å². The Morgan fingerprint density at radius 1 is 0.475 bits per heavy atom. The molecule has 8 rings (SSSR count). The van der Waals surface area contributed by atoms with E-state index in [1.807, 2.05) is 6.07 Å².